The molecule has 6 nitrogen and oxygen atoms in total. The van der Waals surface area contributed by atoms with E-state index in [0.29, 0.717) is 5.69 Å². The zero-order chi connectivity index (χ0) is 15.8. The highest BCUT2D eigenvalue weighted by atomic mass is 16.6. The molecule has 0 bridgehead atoms. The normalized spacial score (nSPS) is 9.71. The molecule has 0 aliphatic rings. The number of carbonyl (C=O) groups is 2. The number of aryl methyl sites for hydroxylation is 2. The van der Waals surface area contributed by atoms with E-state index in [2.05, 4.69) is 10.5 Å². The van der Waals surface area contributed by atoms with Gasteiger partial charge in [-0.2, -0.15) is 5.10 Å². The molecule has 0 unspecified atom stereocenters. The highest BCUT2D eigenvalue weighted by molar-refractivity contribution is 6.62. The summed E-state index contributed by atoms with van der Waals surface area (Å²) in [4.78, 5) is 23.4. The smallest absolute Gasteiger partial charge is 0.366 e. The second-order valence-electron chi connectivity index (χ2n) is 4.31. The van der Waals surface area contributed by atoms with E-state index in [-0.39, 0.29) is 13.2 Å². The molecule has 0 radical (unpaired) electrons. The Morgan fingerprint density at radius 2 is 1.62 bits per heavy atom. The predicted molar refractivity (Wildman–Crippen MR) is 80.2 cm³/mol. The minimum absolute atomic E-state index is 0.154. The minimum atomic E-state index is -0.813. The van der Waals surface area contributed by atoms with Crippen LogP contribution in [0, 0.1) is 13.8 Å². The zero-order valence-electron chi connectivity index (χ0n) is 12.7. The van der Waals surface area contributed by atoms with E-state index in [4.69, 9.17) is 9.47 Å². The maximum atomic E-state index is 11.7. The third-order valence-electron chi connectivity index (χ3n) is 2.74. The minimum Gasteiger partial charge on any atom is -0.461 e. The molecule has 114 valence electrons. The lowest BCUT2D eigenvalue weighted by Crippen LogP contribution is -2.29. The Morgan fingerprint density at radius 3 is 2.10 bits per heavy atom. The van der Waals surface area contributed by atoms with Gasteiger partial charge >= 0.3 is 11.9 Å². The molecular formula is C15H20N2O4. The summed E-state index contributed by atoms with van der Waals surface area (Å²) in [6.07, 6.45) is 0. The molecule has 21 heavy (non-hydrogen) atoms. The summed E-state index contributed by atoms with van der Waals surface area (Å²) in [5.74, 6) is -1.63. The Bertz CT molecular complexity index is 533. The fourth-order valence-corrected chi connectivity index (χ4v) is 1.50. The quantitative estimate of drug-likeness (QED) is 0.376. The van der Waals surface area contributed by atoms with Crippen molar-refractivity contribution in [2.75, 3.05) is 18.6 Å². The molecular weight excluding hydrogens is 272 g/mol. The van der Waals surface area contributed by atoms with Crippen molar-refractivity contribution in [3.8, 4) is 0 Å². The third kappa shape index (κ3) is 4.91. The summed E-state index contributed by atoms with van der Waals surface area (Å²) in [6.45, 7) is 7.56. The first-order valence-electron chi connectivity index (χ1n) is 6.74. The number of anilines is 1. The molecule has 6 heteroatoms. The summed E-state index contributed by atoms with van der Waals surface area (Å²) in [5.41, 5.74) is 5.16. The van der Waals surface area contributed by atoms with E-state index in [9.17, 15) is 9.59 Å². The van der Waals surface area contributed by atoms with Crippen LogP contribution in [0.1, 0.15) is 25.0 Å². The highest BCUT2D eigenvalue weighted by Gasteiger charge is 2.23. The fraction of sp³-hybridized carbons (Fsp3) is 0.400. The molecule has 0 fully saturated rings. The topological polar surface area (TPSA) is 77.0 Å². The van der Waals surface area contributed by atoms with Crippen molar-refractivity contribution >= 4 is 23.3 Å². The van der Waals surface area contributed by atoms with Gasteiger partial charge in [-0.15, -0.1) is 0 Å². The Hall–Kier alpha value is -2.37. The lowest BCUT2D eigenvalue weighted by atomic mass is 10.1. The van der Waals surface area contributed by atoms with Gasteiger partial charge in [-0.25, -0.2) is 9.59 Å². The van der Waals surface area contributed by atoms with Gasteiger partial charge < -0.3 is 9.47 Å². The standard InChI is InChI=1S/C15H20N2O4/c1-5-20-14(18)13(15(19)21-6-2)17-16-12-8-7-10(3)11(4)9-12/h7-9,16H,5-6H2,1-4H3. The Labute approximate surface area is 124 Å². The van der Waals surface area contributed by atoms with Crippen LogP contribution in [0.5, 0.6) is 0 Å². The van der Waals surface area contributed by atoms with E-state index in [1.54, 1.807) is 19.9 Å². The molecule has 1 aromatic rings. The number of hydrogen-bond donors (Lipinski definition) is 1. The summed E-state index contributed by atoms with van der Waals surface area (Å²) < 4.78 is 9.58. The number of rotatable bonds is 6. The molecule has 0 amide bonds. The molecule has 0 aromatic heterocycles. The van der Waals surface area contributed by atoms with Crippen molar-refractivity contribution in [1.29, 1.82) is 0 Å². The van der Waals surface area contributed by atoms with Gasteiger partial charge in [0.05, 0.1) is 18.9 Å². The first kappa shape index (κ1) is 16.7. The fourth-order valence-electron chi connectivity index (χ4n) is 1.50. The number of benzene rings is 1. The molecule has 1 rings (SSSR count). The van der Waals surface area contributed by atoms with E-state index < -0.39 is 17.7 Å². The molecule has 0 spiro atoms. The number of nitrogens with one attached hydrogen (secondary N) is 1. The number of esters is 2. The van der Waals surface area contributed by atoms with Gasteiger partial charge in [0.1, 0.15) is 0 Å². The summed E-state index contributed by atoms with van der Waals surface area (Å²) in [7, 11) is 0. The molecule has 0 saturated carbocycles. The van der Waals surface area contributed by atoms with Crippen molar-refractivity contribution < 1.29 is 19.1 Å². The van der Waals surface area contributed by atoms with Gasteiger partial charge in [0.15, 0.2) is 0 Å². The third-order valence-corrected chi connectivity index (χ3v) is 2.74. The molecule has 0 aliphatic carbocycles. The van der Waals surface area contributed by atoms with Crippen molar-refractivity contribution in [2.24, 2.45) is 5.10 Å². The van der Waals surface area contributed by atoms with E-state index >= 15 is 0 Å². The van der Waals surface area contributed by atoms with Crippen LogP contribution in [0.4, 0.5) is 5.69 Å². The van der Waals surface area contributed by atoms with Crippen molar-refractivity contribution in [1.82, 2.24) is 0 Å². The van der Waals surface area contributed by atoms with Crippen LogP contribution in [0.25, 0.3) is 0 Å². The second-order valence-corrected chi connectivity index (χ2v) is 4.31. The number of hydrogen-bond acceptors (Lipinski definition) is 6. The molecule has 1 aromatic carbocycles. The van der Waals surface area contributed by atoms with Crippen LogP contribution in [0.15, 0.2) is 23.3 Å². The lowest BCUT2D eigenvalue weighted by Gasteiger charge is -2.07. The van der Waals surface area contributed by atoms with Crippen LogP contribution in [0.2, 0.25) is 0 Å². The number of nitrogens with zero attached hydrogens (tertiary/aromatic N) is 1. The Kier molecular flexibility index (Phi) is 6.39. The van der Waals surface area contributed by atoms with Crippen LogP contribution in [0.3, 0.4) is 0 Å². The number of carbonyl (C=O) groups excluding carboxylic acids is 2. The molecule has 1 N–H and O–H groups in total. The maximum Gasteiger partial charge on any atom is 0.366 e. The largest absolute Gasteiger partial charge is 0.461 e. The first-order valence-corrected chi connectivity index (χ1v) is 6.74. The number of hydrazone groups is 1. The average Bonchev–Trinajstić information content (AvgIpc) is 2.43. The first-order chi connectivity index (χ1) is 9.99. The lowest BCUT2D eigenvalue weighted by molar-refractivity contribution is -0.140. The Balaban J connectivity index is 2.93. The van der Waals surface area contributed by atoms with Crippen LogP contribution in [-0.4, -0.2) is 30.9 Å². The highest BCUT2D eigenvalue weighted by Crippen LogP contribution is 2.14. The molecule has 0 saturated heterocycles. The van der Waals surface area contributed by atoms with Gasteiger partial charge in [0.25, 0.3) is 5.71 Å². The van der Waals surface area contributed by atoms with Crippen molar-refractivity contribution in [3.63, 3.8) is 0 Å². The van der Waals surface area contributed by atoms with Gasteiger partial charge in [-0.05, 0) is 51.0 Å². The number of ether oxygens (including phenoxy) is 2. The summed E-state index contributed by atoms with van der Waals surface area (Å²) in [6, 6.07) is 5.59. The van der Waals surface area contributed by atoms with Crippen molar-refractivity contribution in [2.45, 2.75) is 27.7 Å². The van der Waals surface area contributed by atoms with Gasteiger partial charge in [-0.1, -0.05) is 6.07 Å². The second kappa shape index (κ2) is 8.04. The van der Waals surface area contributed by atoms with Crippen LogP contribution in [-0.2, 0) is 19.1 Å². The molecule has 0 aliphatic heterocycles. The average molecular weight is 292 g/mol. The zero-order valence-corrected chi connectivity index (χ0v) is 12.7. The van der Waals surface area contributed by atoms with E-state index in [1.807, 2.05) is 26.0 Å². The summed E-state index contributed by atoms with van der Waals surface area (Å²) >= 11 is 0. The van der Waals surface area contributed by atoms with Crippen LogP contribution < -0.4 is 5.43 Å². The van der Waals surface area contributed by atoms with Gasteiger partial charge in [0.2, 0.25) is 0 Å². The van der Waals surface area contributed by atoms with Crippen molar-refractivity contribution in [3.05, 3.63) is 29.3 Å². The summed E-state index contributed by atoms with van der Waals surface area (Å²) in [5, 5.41) is 3.82. The SMILES string of the molecule is CCOC(=O)C(=NNc1ccc(C)c(C)c1)C(=O)OCC. The predicted octanol–water partition coefficient (Wildman–Crippen LogP) is 2.20. The maximum absolute atomic E-state index is 11.7. The molecule has 0 heterocycles. The molecule has 0 atom stereocenters. The van der Waals surface area contributed by atoms with Gasteiger partial charge in [0, 0.05) is 0 Å². The Morgan fingerprint density at radius 1 is 1.05 bits per heavy atom. The van der Waals surface area contributed by atoms with Gasteiger partial charge in [-0.3, -0.25) is 5.43 Å². The van der Waals surface area contributed by atoms with Crippen LogP contribution >= 0.6 is 0 Å². The van der Waals surface area contributed by atoms with E-state index in [1.165, 1.54) is 0 Å². The van der Waals surface area contributed by atoms with E-state index in [0.717, 1.165) is 11.1 Å². The monoisotopic (exact) mass is 292 g/mol.